The van der Waals surface area contributed by atoms with Crippen molar-refractivity contribution < 1.29 is 4.74 Å². The fourth-order valence-electron chi connectivity index (χ4n) is 2.32. The molecular weight excluding hydrogens is 278 g/mol. The van der Waals surface area contributed by atoms with Crippen molar-refractivity contribution in [2.45, 2.75) is 23.8 Å². The number of thioether (sulfide) groups is 1. The Labute approximate surface area is 125 Å². The zero-order valence-electron chi connectivity index (χ0n) is 11.3. The zero-order chi connectivity index (χ0) is 13.3. The fourth-order valence-corrected chi connectivity index (χ4v) is 3.34. The van der Waals surface area contributed by atoms with Crippen LogP contribution in [0, 0.1) is 0 Å². The van der Waals surface area contributed by atoms with E-state index in [9.17, 15) is 0 Å². The number of hydrogen-bond donors (Lipinski definition) is 0. The Balaban J connectivity index is 1.58. The lowest BCUT2D eigenvalue weighted by atomic mass is 10.1. The van der Waals surface area contributed by atoms with Gasteiger partial charge in [-0.05, 0) is 25.0 Å². The summed E-state index contributed by atoms with van der Waals surface area (Å²) in [5.74, 6) is 1.77. The Morgan fingerprint density at radius 1 is 1.21 bits per heavy atom. The highest BCUT2D eigenvalue weighted by atomic mass is 35.5. The smallest absolute Gasteiger partial charge is 0.0605 e. The summed E-state index contributed by atoms with van der Waals surface area (Å²) >= 11 is 7.58. The summed E-state index contributed by atoms with van der Waals surface area (Å²) in [6.45, 7) is 4.17. The Bertz CT molecular complexity index is 341. The van der Waals surface area contributed by atoms with Crippen molar-refractivity contribution in [3.8, 4) is 0 Å². The van der Waals surface area contributed by atoms with E-state index in [4.69, 9.17) is 16.3 Å². The Kier molecular flexibility index (Phi) is 7.07. The van der Waals surface area contributed by atoms with Crippen LogP contribution >= 0.6 is 23.4 Å². The summed E-state index contributed by atoms with van der Waals surface area (Å²) in [6, 6.07) is 10.6. The second kappa shape index (κ2) is 8.85. The normalized spacial score (nSPS) is 17.7. The third-order valence-electron chi connectivity index (χ3n) is 3.38. The average Bonchev–Trinajstić information content (AvgIpc) is 2.47. The minimum absolute atomic E-state index is 0.428. The van der Waals surface area contributed by atoms with Crippen LogP contribution in [0.25, 0.3) is 0 Å². The van der Waals surface area contributed by atoms with Gasteiger partial charge in [0.2, 0.25) is 0 Å². The van der Waals surface area contributed by atoms with Crippen molar-refractivity contribution in [3.05, 3.63) is 30.3 Å². The van der Waals surface area contributed by atoms with Gasteiger partial charge in [0.25, 0.3) is 0 Å². The van der Waals surface area contributed by atoms with Gasteiger partial charge in [-0.2, -0.15) is 0 Å². The predicted octanol–water partition coefficient (Wildman–Crippen LogP) is 3.50. The summed E-state index contributed by atoms with van der Waals surface area (Å²) < 4.78 is 5.69. The highest BCUT2D eigenvalue weighted by Gasteiger charge is 2.18. The lowest BCUT2D eigenvalue weighted by Gasteiger charge is -2.31. The van der Waals surface area contributed by atoms with E-state index in [0.717, 1.165) is 31.7 Å². The first-order valence-corrected chi connectivity index (χ1v) is 8.48. The molecule has 1 saturated heterocycles. The van der Waals surface area contributed by atoms with Gasteiger partial charge in [-0.1, -0.05) is 18.2 Å². The second-order valence-electron chi connectivity index (χ2n) is 4.76. The highest BCUT2D eigenvalue weighted by Crippen LogP contribution is 2.19. The molecule has 2 nitrogen and oxygen atoms in total. The number of likely N-dealkylation sites (tertiary alicyclic amines) is 1. The summed E-state index contributed by atoms with van der Waals surface area (Å²) in [6.07, 6.45) is 2.72. The van der Waals surface area contributed by atoms with Crippen molar-refractivity contribution in [1.82, 2.24) is 4.90 Å². The number of alkyl halides is 1. The Morgan fingerprint density at radius 2 is 1.95 bits per heavy atom. The van der Waals surface area contributed by atoms with Gasteiger partial charge >= 0.3 is 0 Å². The van der Waals surface area contributed by atoms with E-state index >= 15 is 0 Å². The quantitative estimate of drug-likeness (QED) is 0.565. The van der Waals surface area contributed by atoms with Crippen molar-refractivity contribution in [3.63, 3.8) is 0 Å². The minimum Gasteiger partial charge on any atom is -0.377 e. The van der Waals surface area contributed by atoms with Crippen LogP contribution in [-0.2, 0) is 4.74 Å². The number of piperidine rings is 1. The molecule has 1 aliphatic rings. The molecule has 0 atom stereocenters. The monoisotopic (exact) mass is 299 g/mol. The van der Waals surface area contributed by atoms with Gasteiger partial charge < -0.3 is 9.64 Å². The van der Waals surface area contributed by atoms with Crippen LogP contribution in [-0.4, -0.2) is 48.9 Å². The number of ether oxygens (including phenoxy) is 1. The van der Waals surface area contributed by atoms with Crippen LogP contribution in [0.15, 0.2) is 35.2 Å². The van der Waals surface area contributed by atoms with E-state index < -0.39 is 0 Å². The molecule has 0 radical (unpaired) electrons. The lowest BCUT2D eigenvalue weighted by Crippen LogP contribution is -2.38. The molecule has 19 heavy (non-hydrogen) atoms. The molecule has 0 saturated carbocycles. The topological polar surface area (TPSA) is 12.5 Å². The van der Waals surface area contributed by atoms with Crippen molar-refractivity contribution in [2.24, 2.45) is 0 Å². The fraction of sp³-hybridized carbons (Fsp3) is 0.600. The van der Waals surface area contributed by atoms with Gasteiger partial charge in [0.05, 0.1) is 12.7 Å². The maximum absolute atomic E-state index is 5.69. The number of benzene rings is 1. The van der Waals surface area contributed by atoms with E-state index in [1.807, 2.05) is 11.8 Å². The molecule has 0 N–H and O–H groups in total. The van der Waals surface area contributed by atoms with E-state index in [2.05, 4.69) is 35.2 Å². The molecule has 1 aromatic rings. The first kappa shape index (κ1) is 15.2. The van der Waals surface area contributed by atoms with Gasteiger partial charge in [-0.3, -0.25) is 0 Å². The molecule has 106 valence electrons. The zero-order valence-corrected chi connectivity index (χ0v) is 12.8. The van der Waals surface area contributed by atoms with Gasteiger partial charge in [0.15, 0.2) is 0 Å². The largest absolute Gasteiger partial charge is 0.377 e. The van der Waals surface area contributed by atoms with Crippen LogP contribution in [0.2, 0.25) is 0 Å². The minimum atomic E-state index is 0.428. The molecule has 0 amide bonds. The standard InChI is InChI=1S/C15H22ClNOS/c16-8-12-18-14-6-9-17(10-7-14)11-13-19-15-4-2-1-3-5-15/h1-5,14H,6-13H2. The van der Waals surface area contributed by atoms with Gasteiger partial charge in [-0.25, -0.2) is 0 Å². The highest BCUT2D eigenvalue weighted by molar-refractivity contribution is 7.99. The molecular formula is C15H22ClNOS. The maximum Gasteiger partial charge on any atom is 0.0605 e. The summed E-state index contributed by atoms with van der Waals surface area (Å²) in [7, 11) is 0. The molecule has 0 aliphatic carbocycles. The molecule has 0 bridgehead atoms. The molecule has 0 aromatic heterocycles. The summed E-state index contributed by atoms with van der Waals surface area (Å²) in [5, 5.41) is 0. The van der Waals surface area contributed by atoms with E-state index in [1.54, 1.807) is 0 Å². The summed E-state index contributed by atoms with van der Waals surface area (Å²) in [4.78, 5) is 3.90. The van der Waals surface area contributed by atoms with Crippen molar-refractivity contribution >= 4 is 23.4 Å². The number of rotatable bonds is 7. The molecule has 1 aromatic carbocycles. The van der Waals surface area contributed by atoms with Crippen LogP contribution in [0.3, 0.4) is 0 Å². The first-order valence-electron chi connectivity index (χ1n) is 6.96. The third kappa shape index (κ3) is 5.74. The van der Waals surface area contributed by atoms with Crippen LogP contribution in [0.1, 0.15) is 12.8 Å². The predicted molar refractivity (Wildman–Crippen MR) is 83.3 cm³/mol. The number of hydrogen-bond acceptors (Lipinski definition) is 3. The maximum atomic E-state index is 5.69. The van der Waals surface area contributed by atoms with Crippen LogP contribution in [0.4, 0.5) is 0 Å². The lowest BCUT2D eigenvalue weighted by molar-refractivity contribution is 0.0166. The van der Waals surface area contributed by atoms with Crippen molar-refractivity contribution in [1.29, 1.82) is 0 Å². The Hall–Kier alpha value is -0.220. The molecule has 2 rings (SSSR count). The van der Waals surface area contributed by atoms with E-state index in [0.29, 0.717) is 18.6 Å². The van der Waals surface area contributed by atoms with E-state index in [-0.39, 0.29) is 0 Å². The average molecular weight is 300 g/mol. The molecule has 0 unspecified atom stereocenters. The molecule has 1 aliphatic heterocycles. The van der Waals surface area contributed by atoms with Gasteiger partial charge in [0.1, 0.15) is 0 Å². The van der Waals surface area contributed by atoms with Gasteiger partial charge in [0, 0.05) is 36.2 Å². The summed E-state index contributed by atoms with van der Waals surface area (Å²) in [5.41, 5.74) is 0. The van der Waals surface area contributed by atoms with Crippen LogP contribution < -0.4 is 0 Å². The molecule has 1 heterocycles. The number of halogens is 1. The van der Waals surface area contributed by atoms with Gasteiger partial charge in [-0.15, -0.1) is 23.4 Å². The third-order valence-corrected chi connectivity index (χ3v) is 4.53. The molecule has 4 heteroatoms. The van der Waals surface area contributed by atoms with Crippen molar-refractivity contribution in [2.75, 3.05) is 37.9 Å². The number of nitrogens with zero attached hydrogens (tertiary/aromatic N) is 1. The molecule has 0 spiro atoms. The SMILES string of the molecule is ClCCOC1CCN(CCSc2ccccc2)CC1. The Morgan fingerprint density at radius 3 is 2.63 bits per heavy atom. The second-order valence-corrected chi connectivity index (χ2v) is 6.31. The van der Waals surface area contributed by atoms with E-state index in [1.165, 1.54) is 11.4 Å². The van der Waals surface area contributed by atoms with Crippen LogP contribution in [0.5, 0.6) is 0 Å². The first-order chi connectivity index (χ1) is 9.38. The molecule has 1 fully saturated rings.